The molecule has 0 aliphatic heterocycles. The third-order valence-corrected chi connectivity index (χ3v) is 5.24. The van der Waals surface area contributed by atoms with Crippen molar-refractivity contribution in [3.05, 3.63) is 29.8 Å². The van der Waals surface area contributed by atoms with Crippen LogP contribution in [0.5, 0.6) is 11.5 Å². The van der Waals surface area contributed by atoms with Gasteiger partial charge in [0, 0.05) is 23.7 Å². The highest BCUT2D eigenvalue weighted by molar-refractivity contribution is 5.89. The van der Waals surface area contributed by atoms with E-state index in [9.17, 15) is 9.59 Å². The molecule has 148 valence electrons. The van der Waals surface area contributed by atoms with E-state index in [1.54, 1.807) is 38.5 Å². The van der Waals surface area contributed by atoms with Crippen LogP contribution in [0.4, 0.5) is 0 Å². The van der Waals surface area contributed by atoms with Crippen LogP contribution in [0.15, 0.2) is 24.3 Å². The second-order valence-corrected chi connectivity index (χ2v) is 6.99. The average molecular weight is 375 g/mol. The molecule has 0 spiro atoms. The van der Waals surface area contributed by atoms with Gasteiger partial charge in [-0.15, -0.1) is 0 Å². The van der Waals surface area contributed by atoms with Gasteiger partial charge < -0.3 is 19.5 Å². The monoisotopic (exact) mass is 375 g/mol. The molecule has 0 radical (unpaired) electrons. The van der Waals surface area contributed by atoms with Gasteiger partial charge in [0.25, 0.3) is 5.91 Å². The van der Waals surface area contributed by atoms with Gasteiger partial charge in [-0.25, -0.2) is 4.79 Å². The van der Waals surface area contributed by atoms with E-state index in [1.807, 2.05) is 0 Å². The summed E-state index contributed by atoms with van der Waals surface area (Å²) in [6.07, 6.45) is 6.15. The van der Waals surface area contributed by atoms with Crippen LogP contribution in [0.3, 0.4) is 0 Å². The molecule has 0 saturated heterocycles. The van der Waals surface area contributed by atoms with Crippen LogP contribution in [-0.4, -0.2) is 38.7 Å². The highest BCUT2D eigenvalue weighted by Crippen LogP contribution is 2.29. The van der Waals surface area contributed by atoms with Gasteiger partial charge in [0.2, 0.25) is 0 Å². The number of benzene rings is 1. The third kappa shape index (κ3) is 6.01. The standard InChI is InChI=1S/C21H29NO5/c1-14-6-5-7-18(15(14)2)22-20(23)13-27-21(24)11-9-16-8-10-17(25-3)12-19(16)26-4/h8-12,14-15,18H,5-7,13H2,1-4H3,(H,22,23)/b11-9+/t14-,15+,18-/m1/s1. The normalized spacial score (nSPS) is 22.3. The highest BCUT2D eigenvalue weighted by Gasteiger charge is 2.28. The van der Waals surface area contributed by atoms with Gasteiger partial charge >= 0.3 is 5.97 Å². The average Bonchev–Trinajstić information content (AvgIpc) is 2.68. The molecule has 1 aromatic rings. The quantitative estimate of drug-likeness (QED) is 0.585. The van der Waals surface area contributed by atoms with Gasteiger partial charge in [0.1, 0.15) is 11.5 Å². The zero-order valence-corrected chi connectivity index (χ0v) is 16.5. The number of nitrogens with one attached hydrogen (secondary N) is 1. The summed E-state index contributed by atoms with van der Waals surface area (Å²) < 4.78 is 15.5. The number of ether oxygens (including phenoxy) is 3. The molecular formula is C21H29NO5. The summed E-state index contributed by atoms with van der Waals surface area (Å²) in [6.45, 7) is 4.09. The number of methoxy groups -OCH3 is 2. The maximum Gasteiger partial charge on any atom is 0.331 e. The minimum absolute atomic E-state index is 0.152. The Balaban J connectivity index is 1.83. The minimum Gasteiger partial charge on any atom is -0.497 e. The van der Waals surface area contributed by atoms with E-state index in [4.69, 9.17) is 14.2 Å². The lowest BCUT2D eigenvalue weighted by Crippen LogP contribution is -2.45. The Morgan fingerprint density at radius 1 is 1.19 bits per heavy atom. The van der Waals surface area contributed by atoms with E-state index in [2.05, 4.69) is 19.2 Å². The van der Waals surface area contributed by atoms with E-state index in [0.717, 1.165) is 12.8 Å². The Hall–Kier alpha value is -2.50. The van der Waals surface area contributed by atoms with E-state index in [0.29, 0.717) is 28.9 Å². The zero-order chi connectivity index (χ0) is 19.8. The van der Waals surface area contributed by atoms with Crippen molar-refractivity contribution in [2.24, 2.45) is 11.8 Å². The first kappa shape index (κ1) is 20.8. The summed E-state index contributed by atoms with van der Waals surface area (Å²) in [5, 5.41) is 2.98. The topological polar surface area (TPSA) is 73.9 Å². The van der Waals surface area contributed by atoms with Gasteiger partial charge in [0.15, 0.2) is 6.61 Å². The summed E-state index contributed by atoms with van der Waals surface area (Å²) in [7, 11) is 3.11. The first-order chi connectivity index (χ1) is 12.9. The lowest BCUT2D eigenvalue weighted by Gasteiger charge is -2.34. The number of amides is 1. The maximum atomic E-state index is 12.1. The molecule has 0 aromatic heterocycles. The fraction of sp³-hybridized carbons (Fsp3) is 0.524. The van der Waals surface area contributed by atoms with E-state index in [-0.39, 0.29) is 18.6 Å². The Morgan fingerprint density at radius 3 is 2.67 bits per heavy atom. The third-order valence-electron chi connectivity index (χ3n) is 5.24. The van der Waals surface area contributed by atoms with Crippen molar-refractivity contribution in [3.63, 3.8) is 0 Å². The second-order valence-electron chi connectivity index (χ2n) is 6.99. The Morgan fingerprint density at radius 2 is 1.96 bits per heavy atom. The van der Waals surface area contributed by atoms with Crippen molar-refractivity contribution >= 4 is 18.0 Å². The maximum absolute atomic E-state index is 12.1. The lowest BCUT2D eigenvalue weighted by molar-refractivity contribution is -0.144. The largest absolute Gasteiger partial charge is 0.497 e. The van der Waals surface area contributed by atoms with Gasteiger partial charge in [0.05, 0.1) is 14.2 Å². The molecule has 1 aliphatic carbocycles. The Labute approximate surface area is 160 Å². The van der Waals surface area contributed by atoms with E-state index in [1.165, 1.54) is 12.5 Å². The smallest absolute Gasteiger partial charge is 0.331 e. The van der Waals surface area contributed by atoms with Crippen LogP contribution in [0.1, 0.15) is 38.7 Å². The molecule has 6 heteroatoms. The van der Waals surface area contributed by atoms with Gasteiger partial charge in [-0.3, -0.25) is 4.79 Å². The number of esters is 1. The lowest BCUT2D eigenvalue weighted by atomic mass is 9.78. The van der Waals surface area contributed by atoms with Crippen molar-refractivity contribution in [2.45, 2.75) is 39.2 Å². The predicted octanol–water partition coefficient (Wildman–Crippen LogP) is 3.20. The number of rotatable bonds is 7. The number of carbonyl (C=O) groups is 2. The molecule has 1 aromatic carbocycles. The molecule has 1 aliphatic rings. The molecule has 6 nitrogen and oxygen atoms in total. The van der Waals surface area contributed by atoms with Crippen LogP contribution in [0.2, 0.25) is 0 Å². The van der Waals surface area contributed by atoms with Crippen molar-refractivity contribution in [1.82, 2.24) is 5.32 Å². The molecule has 1 N–H and O–H groups in total. The Bertz CT molecular complexity index is 685. The summed E-state index contributed by atoms with van der Waals surface area (Å²) >= 11 is 0. The minimum atomic E-state index is -0.576. The number of hydrogen-bond acceptors (Lipinski definition) is 5. The van der Waals surface area contributed by atoms with Gasteiger partial charge in [-0.05, 0) is 36.5 Å². The van der Waals surface area contributed by atoms with Crippen molar-refractivity contribution in [3.8, 4) is 11.5 Å². The molecule has 0 unspecified atom stereocenters. The summed E-state index contributed by atoms with van der Waals surface area (Å²) in [6, 6.07) is 5.43. The number of carbonyl (C=O) groups excluding carboxylic acids is 2. The molecule has 1 fully saturated rings. The van der Waals surface area contributed by atoms with Crippen LogP contribution in [0, 0.1) is 11.8 Å². The van der Waals surface area contributed by atoms with Crippen molar-refractivity contribution in [1.29, 1.82) is 0 Å². The van der Waals surface area contributed by atoms with Crippen LogP contribution < -0.4 is 14.8 Å². The first-order valence-corrected chi connectivity index (χ1v) is 9.30. The molecular weight excluding hydrogens is 346 g/mol. The second kappa shape index (κ2) is 10.00. The molecule has 0 heterocycles. The van der Waals surface area contributed by atoms with E-state index >= 15 is 0 Å². The summed E-state index contributed by atoms with van der Waals surface area (Å²) in [5.74, 6) is 1.43. The van der Waals surface area contributed by atoms with Crippen LogP contribution in [-0.2, 0) is 14.3 Å². The molecule has 27 heavy (non-hydrogen) atoms. The fourth-order valence-electron chi connectivity index (χ4n) is 3.33. The Kier molecular flexibility index (Phi) is 7.70. The van der Waals surface area contributed by atoms with Gasteiger partial charge in [-0.1, -0.05) is 26.7 Å². The fourth-order valence-corrected chi connectivity index (χ4v) is 3.33. The zero-order valence-electron chi connectivity index (χ0n) is 16.5. The first-order valence-electron chi connectivity index (χ1n) is 9.30. The summed E-state index contributed by atoms with van der Waals surface area (Å²) in [5.41, 5.74) is 0.713. The van der Waals surface area contributed by atoms with Crippen LogP contribution in [0.25, 0.3) is 6.08 Å². The highest BCUT2D eigenvalue weighted by atomic mass is 16.5. The molecule has 1 amide bonds. The SMILES string of the molecule is COc1ccc(/C=C/C(=O)OCC(=O)N[C@@H]2CCC[C@@H](C)[C@@H]2C)c(OC)c1. The van der Waals surface area contributed by atoms with Crippen LogP contribution >= 0.6 is 0 Å². The van der Waals surface area contributed by atoms with Gasteiger partial charge in [-0.2, -0.15) is 0 Å². The number of hydrogen-bond donors (Lipinski definition) is 1. The molecule has 2 rings (SSSR count). The summed E-state index contributed by atoms with van der Waals surface area (Å²) in [4.78, 5) is 24.0. The van der Waals surface area contributed by atoms with Crippen molar-refractivity contribution in [2.75, 3.05) is 20.8 Å². The molecule has 1 saturated carbocycles. The molecule has 3 atom stereocenters. The predicted molar refractivity (Wildman–Crippen MR) is 104 cm³/mol. The van der Waals surface area contributed by atoms with E-state index < -0.39 is 5.97 Å². The molecule has 0 bridgehead atoms. The van der Waals surface area contributed by atoms with Crippen molar-refractivity contribution < 1.29 is 23.8 Å².